The molecule has 0 aliphatic carbocycles. The van der Waals surface area contributed by atoms with Crippen molar-refractivity contribution in [3.05, 3.63) is 120 Å². The average Bonchev–Trinajstić information content (AvgIpc) is 3.39. The van der Waals surface area contributed by atoms with Gasteiger partial charge in [-0.25, -0.2) is 13.9 Å². The van der Waals surface area contributed by atoms with Crippen molar-refractivity contribution in [3.8, 4) is 0 Å². The molecule has 0 spiro atoms. The molecule has 0 saturated heterocycles. The molecule has 0 fully saturated rings. The fourth-order valence-corrected chi connectivity index (χ4v) is 4.45. The van der Waals surface area contributed by atoms with Crippen LogP contribution in [0.3, 0.4) is 0 Å². The van der Waals surface area contributed by atoms with Gasteiger partial charge in [-0.2, -0.15) is 0 Å². The maximum atomic E-state index is 13.4. The molecule has 1 aliphatic rings. The number of halogens is 2. The molecule has 0 bridgehead atoms. The Labute approximate surface area is 179 Å². The maximum Gasteiger partial charge on any atom is 0.274 e. The van der Waals surface area contributed by atoms with Crippen molar-refractivity contribution >= 4 is 34.7 Å². The summed E-state index contributed by atoms with van der Waals surface area (Å²) in [5.41, 5.74) is 2.15. The first-order valence-corrected chi connectivity index (χ1v) is 10.4. The summed E-state index contributed by atoms with van der Waals surface area (Å²) >= 11 is 7.26. The highest BCUT2D eigenvalue weighted by atomic mass is 35.5. The first kappa shape index (κ1) is 18.8. The highest BCUT2D eigenvalue weighted by Gasteiger charge is 2.22. The Hall–Kier alpha value is -3.22. The fourth-order valence-electron chi connectivity index (χ4n) is 3.31. The average molecular weight is 437 g/mol. The minimum atomic E-state index is -0.355. The molecule has 2 aromatic heterocycles. The lowest BCUT2D eigenvalue weighted by Gasteiger charge is -2.16. The van der Waals surface area contributed by atoms with Gasteiger partial charge in [0.1, 0.15) is 5.82 Å². The Bertz CT molecular complexity index is 1420. The molecule has 0 radical (unpaired) electrons. The van der Waals surface area contributed by atoms with Crippen molar-refractivity contribution in [1.29, 1.82) is 0 Å². The summed E-state index contributed by atoms with van der Waals surface area (Å²) in [4.78, 5) is 18.5. The molecule has 0 amide bonds. The van der Waals surface area contributed by atoms with Crippen molar-refractivity contribution in [3.63, 3.8) is 0 Å². The van der Waals surface area contributed by atoms with Crippen molar-refractivity contribution in [2.45, 2.75) is 6.04 Å². The van der Waals surface area contributed by atoms with Crippen LogP contribution in [-0.2, 0) is 0 Å². The van der Waals surface area contributed by atoms with Crippen LogP contribution < -0.4 is 14.9 Å². The Morgan fingerprint density at radius 3 is 2.57 bits per heavy atom. The summed E-state index contributed by atoms with van der Waals surface area (Å²) in [7, 11) is 0. The number of rotatable bonds is 3. The number of thiazole rings is 1. The van der Waals surface area contributed by atoms with E-state index >= 15 is 0 Å². The van der Waals surface area contributed by atoms with Crippen molar-refractivity contribution < 1.29 is 8.81 Å². The van der Waals surface area contributed by atoms with Gasteiger partial charge in [0, 0.05) is 5.02 Å². The van der Waals surface area contributed by atoms with Crippen LogP contribution in [-0.4, -0.2) is 4.57 Å². The van der Waals surface area contributed by atoms with Gasteiger partial charge in [0.15, 0.2) is 10.6 Å². The van der Waals surface area contributed by atoms with E-state index in [0.717, 1.165) is 11.1 Å². The third-order valence-electron chi connectivity index (χ3n) is 4.77. The molecular weight excluding hydrogens is 423 g/mol. The number of benzene rings is 2. The number of furan rings is 1. The molecule has 5 rings (SSSR count). The van der Waals surface area contributed by atoms with E-state index in [4.69, 9.17) is 21.0 Å². The highest BCUT2D eigenvalue weighted by molar-refractivity contribution is 7.07. The van der Waals surface area contributed by atoms with Crippen LogP contribution in [0.15, 0.2) is 87.2 Å². The van der Waals surface area contributed by atoms with Gasteiger partial charge in [0.25, 0.3) is 5.56 Å². The van der Waals surface area contributed by atoms with Crippen molar-refractivity contribution in [2.75, 3.05) is 0 Å². The van der Waals surface area contributed by atoms with Gasteiger partial charge in [-0.1, -0.05) is 47.2 Å². The largest absolute Gasteiger partial charge is 0.463 e. The van der Waals surface area contributed by atoms with Gasteiger partial charge in [0.05, 0.1) is 22.5 Å². The van der Waals surface area contributed by atoms with Gasteiger partial charge in [-0.3, -0.25) is 4.79 Å². The number of nitrogens with zero attached hydrogens (tertiary/aromatic N) is 2. The SMILES string of the molecule is O=c1/c(=C/c2ccc(Cl)cc2)sc2n1C(c1ccco1)=CC(c1ccc(F)cc1)N=2. The predicted molar refractivity (Wildman–Crippen MR) is 116 cm³/mol. The van der Waals surface area contributed by atoms with E-state index in [-0.39, 0.29) is 17.4 Å². The zero-order valence-corrected chi connectivity index (χ0v) is 17.0. The molecule has 148 valence electrons. The monoisotopic (exact) mass is 436 g/mol. The van der Waals surface area contributed by atoms with Crippen molar-refractivity contribution in [2.24, 2.45) is 4.99 Å². The quantitative estimate of drug-likeness (QED) is 0.478. The second-order valence-corrected chi connectivity index (χ2v) is 8.19. The van der Waals surface area contributed by atoms with Crippen molar-refractivity contribution in [1.82, 2.24) is 4.57 Å². The Balaban J connectivity index is 1.71. The van der Waals surface area contributed by atoms with Crippen LogP contribution in [0.25, 0.3) is 11.8 Å². The number of hydrogen-bond acceptors (Lipinski definition) is 4. The Morgan fingerprint density at radius 1 is 1.10 bits per heavy atom. The molecule has 1 unspecified atom stereocenters. The van der Waals surface area contributed by atoms with E-state index < -0.39 is 0 Å². The van der Waals surface area contributed by atoms with Crippen LogP contribution >= 0.6 is 22.9 Å². The molecule has 7 heteroatoms. The van der Waals surface area contributed by atoms with Gasteiger partial charge < -0.3 is 4.42 Å². The summed E-state index contributed by atoms with van der Waals surface area (Å²) in [6, 6.07) is 16.7. The van der Waals surface area contributed by atoms with E-state index in [1.807, 2.05) is 24.3 Å². The van der Waals surface area contributed by atoms with Crippen LogP contribution in [0.5, 0.6) is 0 Å². The van der Waals surface area contributed by atoms with Crippen LogP contribution in [0.1, 0.15) is 22.9 Å². The minimum absolute atomic E-state index is 0.172. The van der Waals surface area contributed by atoms with Gasteiger partial charge >= 0.3 is 0 Å². The summed E-state index contributed by atoms with van der Waals surface area (Å²) in [5, 5.41) is 0.634. The molecule has 2 aromatic carbocycles. The molecule has 1 aliphatic heterocycles. The number of aromatic nitrogens is 1. The lowest BCUT2D eigenvalue weighted by molar-refractivity contribution is 0.545. The summed E-state index contributed by atoms with van der Waals surface area (Å²) < 4.78 is 21.1. The van der Waals surface area contributed by atoms with Crippen LogP contribution in [0.2, 0.25) is 5.02 Å². The topological polar surface area (TPSA) is 47.5 Å². The van der Waals surface area contributed by atoms with E-state index in [9.17, 15) is 9.18 Å². The highest BCUT2D eigenvalue weighted by Crippen LogP contribution is 2.27. The maximum absolute atomic E-state index is 13.4. The second kappa shape index (κ2) is 7.55. The van der Waals surface area contributed by atoms with E-state index in [2.05, 4.69) is 0 Å². The van der Waals surface area contributed by atoms with Crippen LogP contribution in [0, 0.1) is 5.82 Å². The molecule has 4 nitrogen and oxygen atoms in total. The normalized spacial score (nSPS) is 16.1. The van der Waals surface area contributed by atoms with Gasteiger partial charge in [-0.15, -0.1) is 0 Å². The Morgan fingerprint density at radius 2 is 1.87 bits per heavy atom. The zero-order valence-electron chi connectivity index (χ0n) is 15.5. The summed E-state index contributed by atoms with van der Waals surface area (Å²) in [6.45, 7) is 0. The third-order valence-corrected chi connectivity index (χ3v) is 6.00. The van der Waals surface area contributed by atoms with E-state index in [1.54, 1.807) is 47.2 Å². The zero-order chi connectivity index (χ0) is 20.7. The first-order valence-electron chi connectivity index (χ1n) is 9.17. The molecule has 3 heterocycles. The molecule has 4 aromatic rings. The first-order chi connectivity index (χ1) is 14.6. The molecule has 0 N–H and O–H groups in total. The van der Waals surface area contributed by atoms with E-state index in [1.165, 1.54) is 23.5 Å². The summed E-state index contributed by atoms with van der Waals surface area (Å²) in [6.07, 6.45) is 5.24. The predicted octanol–water partition coefficient (Wildman–Crippen LogP) is 4.39. The van der Waals surface area contributed by atoms with Crippen LogP contribution in [0.4, 0.5) is 4.39 Å². The standard InChI is InChI=1S/C23H14ClFN2O2S/c24-16-7-3-14(4-8-16)12-21-22(28)27-19(20-2-1-11-29-20)13-18(26-23(27)30-21)15-5-9-17(25)10-6-15/h1-13,18H/b21-12-. The minimum Gasteiger partial charge on any atom is -0.463 e. The molecule has 0 saturated carbocycles. The second-order valence-electron chi connectivity index (χ2n) is 6.74. The number of hydrogen-bond donors (Lipinski definition) is 0. The smallest absolute Gasteiger partial charge is 0.274 e. The van der Waals surface area contributed by atoms with Gasteiger partial charge in [0.2, 0.25) is 0 Å². The molecule has 1 atom stereocenters. The molecule has 30 heavy (non-hydrogen) atoms. The summed E-state index contributed by atoms with van der Waals surface area (Å²) in [5.74, 6) is 0.258. The Kier molecular flexibility index (Phi) is 4.73. The lowest BCUT2D eigenvalue weighted by Crippen LogP contribution is -2.33. The fraction of sp³-hybridized carbons (Fsp3) is 0.0435. The third kappa shape index (κ3) is 3.44. The molecular formula is C23H14ClFN2O2S. The number of fused-ring (bicyclic) bond motifs is 1. The van der Waals surface area contributed by atoms with Gasteiger partial charge in [-0.05, 0) is 59.7 Å². The van der Waals surface area contributed by atoms with E-state index in [0.29, 0.717) is 25.8 Å². The lowest BCUT2D eigenvalue weighted by atomic mass is 10.0.